The van der Waals surface area contributed by atoms with Crippen LogP contribution in [0.25, 0.3) is 0 Å². The van der Waals surface area contributed by atoms with E-state index in [2.05, 4.69) is 20.1 Å². The molecule has 0 aromatic heterocycles. The molecule has 0 aromatic carbocycles. The summed E-state index contributed by atoms with van der Waals surface area (Å²) < 4.78 is 4.70. The van der Waals surface area contributed by atoms with E-state index >= 15 is 0 Å². The van der Waals surface area contributed by atoms with Crippen LogP contribution in [0.2, 0.25) is 0 Å². The number of carbonyl (C=O) groups excluding carboxylic acids is 3. The standard InChI is InChI=1S/C24H36N2O5S/c1-5-9-13-25(12-6-2)22(29)20-24-11-10-17(32-24)18(23(30)31-14-7-3)19(24)21(28)26(20)16(8-4)15-27/h6-7,16-20,27H,2-3,5,8-15H2,1,4H3/t16-,17+,18-,19-,20?,24?/m0/s1. The molecule has 0 radical (unpaired) electrons. The van der Waals surface area contributed by atoms with Gasteiger partial charge in [0.25, 0.3) is 0 Å². The van der Waals surface area contributed by atoms with E-state index in [1.54, 1.807) is 27.6 Å². The number of ether oxygens (including phenoxy) is 1. The summed E-state index contributed by atoms with van der Waals surface area (Å²) in [5.41, 5.74) is 0. The molecule has 0 aromatic rings. The van der Waals surface area contributed by atoms with Gasteiger partial charge in [-0.3, -0.25) is 14.4 Å². The lowest BCUT2D eigenvalue weighted by Crippen LogP contribution is -2.57. The van der Waals surface area contributed by atoms with Crippen molar-refractivity contribution < 1.29 is 24.2 Å². The second kappa shape index (κ2) is 10.4. The lowest BCUT2D eigenvalue weighted by molar-refractivity contribution is -0.153. The number of carbonyl (C=O) groups is 3. The summed E-state index contributed by atoms with van der Waals surface area (Å²) in [6.07, 6.45) is 7.04. The number of hydrogen-bond acceptors (Lipinski definition) is 6. The number of rotatable bonds is 12. The first-order valence-corrected chi connectivity index (χ1v) is 12.6. The van der Waals surface area contributed by atoms with Gasteiger partial charge in [0, 0.05) is 18.3 Å². The van der Waals surface area contributed by atoms with Crippen molar-refractivity contribution in [2.24, 2.45) is 11.8 Å². The Kier molecular flexibility index (Phi) is 8.09. The Hall–Kier alpha value is -1.80. The zero-order valence-corrected chi connectivity index (χ0v) is 20.0. The maximum absolute atomic E-state index is 14.0. The summed E-state index contributed by atoms with van der Waals surface area (Å²) in [7, 11) is 0. The quantitative estimate of drug-likeness (QED) is 0.353. The van der Waals surface area contributed by atoms with E-state index < -0.39 is 28.7 Å². The zero-order valence-electron chi connectivity index (χ0n) is 19.2. The number of likely N-dealkylation sites (tertiary alicyclic amines) is 1. The molecule has 2 unspecified atom stereocenters. The maximum Gasteiger partial charge on any atom is 0.311 e. The van der Waals surface area contributed by atoms with Crippen LogP contribution in [0.5, 0.6) is 0 Å². The third-order valence-corrected chi connectivity index (χ3v) is 9.06. The molecule has 0 aliphatic carbocycles. The fourth-order valence-electron chi connectivity index (χ4n) is 5.65. The van der Waals surface area contributed by atoms with Gasteiger partial charge in [-0.05, 0) is 25.7 Å². The van der Waals surface area contributed by atoms with Crippen molar-refractivity contribution in [3.63, 3.8) is 0 Å². The van der Waals surface area contributed by atoms with Gasteiger partial charge in [-0.15, -0.1) is 18.3 Å². The molecule has 3 saturated heterocycles. The average Bonchev–Trinajstić information content (AvgIpc) is 3.43. The van der Waals surface area contributed by atoms with Crippen molar-refractivity contribution in [1.82, 2.24) is 9.80 Å². The predicted octanol–water partition coefficient (Wildman–Crippen LogP) is 2.39. The molecule has 0 saturated carbocycles. The number of hydrogen-bond donors (Lipinski definition) is 1. The Labute approximate surface area is 195 Å². The van der Waals surface area contributed by atoms with E-state index in [9.17, 15) is 19.5 Å². The van der Waals surface area contributed by atoms with E-state index in [1.165, 1.54) is 6.08 Å². The molecule has 32 heavy (non-hydrogen) atoms. The number of nitrogens with zero attached hydrogens (tertiary/aromatic N) is 2. The first-order chi connectivity index (χ1) is 15.4. The minimum atomic E-state index is -0.693. The Morgan fingerprint density at radius 3 is 2.72 bits per heavy atom. The van der Waals surface area contributed by atoms with Gasteiger partial charge in [-0.25, -0.2) is 0 Å². The van der Waals surface area contributed by atoms with Gasteiger partial charge >= 0.3 is 5.97 Å². The van der Waals surface area contributed by atoms with Crippen molar-refractivity contribution in [1.29, 1.82) is 0 Å². The van der Waals surface area contributed by atoms with Gasteiger partial charge in [0.2, 0.25) is 11.8 Å². The molecular weight excluding hydrogens is 428 g/mol. The third kappa shape index (κ3) is 4.00. The number of aliphatic hydroxyl groups excluding tert-OH is 1. The molecule has 3 rings (SSSR count). The van der Waals surface area contributed by atoms with Crippen LogP contribution in [0.1, 0.15) is 46.0 Å². The van der Waals surface area contributed by atoms with Gasteiger partial charge < -0.3 is 19.6 Å². The summed E-state index contributed by atoms with van der Waals surface area (Å²) in [6.45, 7) is 12.3. The smallest absolute Gasteiger partial charge is 0.311 e. The maximum atomic E-state index is 14.0. The summed E-state index contributed by atoms with van der Waals surface area (Å²) in [4.78, 5) is 44.1. The Morgan fingerprint density at radius 1 is 1.38 bits per heavy atom. The summed E-state index contributed by atoms with van der Waals surface area (Å²) in [5, 5.41) is 10.0. The molecule has 3 heterocycles. The molecule has 1 spiro atoms. The highest BCUT2D eigenvalue weighted by atomic mass is 32.2. The van der Waals surface area contributed by atoms with Crippen LogP contribution in [0, 0.1) is 11.8 Å². The van der Waals surface area contributed by atoms with Crippen LogP contribution in [0.15, 0.2) is 25.3 Å². The van der Waals surface area contributed by atoms with Crippen LogP contribution in [-0.2, 0) is 19.1 Å². The SMILES string of the molecule is C=CCOC(=O)[C@@H]1[C@H]2C(=O)N([C@@H](CC)CO)C(C(=O)N(CC=C)CCCC)C23CC[C@H]1S3. The number of amides is 2. The summed E-state index contributed by atoms with van der Waals surface area (Å²) in [5.74, 6) is -1.86. The van der Waals surface area contributed by atoms with Crippen LogP contribution in [-0.4, -0.2) is 81.1 Å². The number of aliphatic hydroxyl groups is 1. The van der Waals surface area contributed by atoms with Gasteiger partial charge in [-0.2, -0.15) is 0 Å². The van der Waals surface area contributed by atoms with E-state index in [4.69, 9.17) is 4.74 Å². The van der Waals surface area contributed by atoms with E-state index in [0.717, 1.165) is 19.3 Å². The highest BCUT2D eigenvalue weighted by molar-refractivity contribution is 8.02. The van der Waals surface area contributed by atoms with Crippen LogP contribution >= 0.6 is 11.8 Å². The van der Waals surface area contributed by atoms with Crippen molar-refractivity contribution in [2.75, 3.05) is 26.3 Å². The van der Waals surface area contributed by atoms with E-state index in [1.807, 2.05) is 6.92 Å². The van der Waals surface area contributed by atoms with Crippen molar-refractivity contribution >= 4 is 29.5 Å². The fourth-order valence-corrected chi connectivity index (χ4v) is 7.84. The van der Waals surface area contributed by atoms with Gasteiger partial charge in [0.15, 0.2) is 0 Å². The Bertz CT molecular complexity index is 755. The lowest BCUT2D eigenvalue weighted by atomic mass is 9.71. The van der Waals surface area contributed by atoms with Crippen molar-refractivity contribution in [3.05, 3.63) is 25.3 Å². The van der Waals surface area contributed by atoms with Crippen LogP contribution < -0.4 is 0 Å². The second-order valence-corrected chi connectivity index (χ2v) is 10.5. The first-order valence-electron chi connectivity index (χ1n) is 11.7. The molecule has 3 aliphatic rings. The number of thioether (sulfide) groups is 1. The highest BCUT2D eigenvalue weighted by Crippen LogP contribution is 2.67. The molecular formula is C24H36N2O5S. The van der Waals surface area contributed by atoms with Gasteiger partial charge in [0.1, 0.15) is 12.6 Å². The predicted molar refractivity (Wildman–Crippen MR) is 125 cm³/mol. The van der Waals surface area contributed by atoms with Crippen molar-refractivity contribution in [2.45, 2.75) is 68.0 Å². The molecule has 8 heteroatoms. The van der Waals surface area contributed by atoms with Crippen molar-refractivity contribution in [3.8, 4) is 0 Å². The lowest BCUT2D eigenvalue weighted by Gasteiger charge is -2.39. The minimum Gasteiger partial charge on any atom is -0.461 e. The number of unbranched alkanes of at least 4 members (excludes halogenated alkanes) is 1. The molecule has 3 fully saturated rings. The van der Waals surface area contributed by atoms with Gasteiger partial charge in [0.05, 0.1) is 29.2 Å². The number of fused-ring (bicyclic) bond motifs is 1. The average molecular weight is 465 g/mol. The Morgan fingerprint density at radius 2 is 2.12 bits per heavy atom. The third-order valence-electron chi connectivity index (χ3n) is 7.11. The molecule has 2 bridgehead atoms. The largest absolute Gasteiger partial charge is 0.461 e. The molecule has 3 aliphatic heterocycles. The minimum absolute atomic E-state index is 0.0311. The monoisotopic (exact) mass is 464 g/mol. The zero-order chi connectivity index (χ0) is 23.5. The van der Waals surface area contributed by atoms with E-state index in [-0.39, 0.29) is 36.2 Å². The number of esters is 1. The fraction of sp³-hybridized carbons (Fsp3) is 0.708. The van der Waals surface area contributed by atoms with Gasteiger partial charge in [-0.1, -0.05) is 39.0 Å². The highest BCUT2D eigenvalue weighted by Gasteiger charge is 2.74. The van der Waals surface area contributed by atoms with E-state index in [0.29, 0.717) is 25.9 Å². The first kappa shape index (κ1) is 24.8. The van der Waals surface area contributed by atoms with Crippen LogP contribution in [0.4, 0.5) is 0 Å². The molecule has 178 valence electrons. The summed E-state index contributed by atoms with van der Waals surface area (Å²) >= 11 is 1.62. The normalized spacial score (nSPS) is 31.3. The molecule has 6 atom stereocenters. The topological polar surface area (TPSA) is 87.1 Å². The Balaban J connectivity index is 2.03. The molecule has 1 N–H and O–H groups in total. The molecule has 2 amide bonds. The summed E-state index contributed by atoms with van der Waals surface area (Å²) in [6, 6.07) is -1.15. The van der Waals surface area contributed by atoms with Crippen LogP contribution in [0.3, 0.4) is 0 Å². The molecule has 7 nitrogen and oxygen atoms in total. The second-order valence-electron chi connectivity index (χ2n) is 8.89.